The molecule has 0 bridgehead atoms. The zero-order valence-corrected chi connectivity index (χ0v) is 15.7. The molecule has 22 heavy (non-hydrogen) atoms. The van der Waals surface area contributed by atoms with E-state index in [-0.39, 0.29) is 0 Å². The molecule has 1 aliphatic carbocycles. The molecule has 0 N–H and O–H groups in total. The van der Waals surface area contributed by atoms with Gasteiger partial charge >= 0.3 is 0 Å². The Labute approximate surface area is 145 Å². The Balaban J connectivity index is 1.80. The standard InChI is InChI=1S/C16H22ClN3S2/c1-10-5-6-11-12(9-10)22-15-13(11)14(17)18-16(19-15)21-8-4-7-20(2)3/h10H,4-9H2,1-3H3. The monoisotopic (exact) mass is 355 g/mol. The Morgan fingerprint density at radius 3 is 2.95 bits per heavy atom. The quantitative estimate of drug-likeness (QED) is 0.341. The maximum absolute atomic E-state index is 6.47. The number of rotatable bonds is 5. The Kier molecular flexibility index (Phi) is 5.28. The molecule has 0 saturated heterocycles. The molecule has 0 aromatic carbocycles. The van der Waals surface area contributed by atoms with Crippen LogP contribution in [-0.4, -0.2) is 41.3 Å². The molecule has 0 radical (unpaired) electrons. The van der Waals surface area contributed by atoms with Gasteiger partial charge in [0.25, 0.3) is 0 Å². The number of nitrogens with zero attached hydrogens (tertiary/aromatic N) is 3. The van der Waals surface area contributed by atoms with Crippen molar-refractivity contribution in [2.24, 2.45) is 5.92 Å². The van der Waals surface area contributed by atoms with Gasteiger partial charge in [-0.25, -0.2) is 9.97 Å². The van der Waals surface area contributed by atoms with E-state index in [9.17, 15) is 0 Å². The fourth-order valence-electron chi connectivity index (χ4n) is 2.89. The summed E-state index contributed by atoms with van der Waals surface area (Å²) in [5.41, 5.74) is 1.41. The third-order valence-electron chi connectivity index (χ3n) is 4.07. The van der Waals surface area contributed by atoms with Crippen LogP contribution in [0.1, 0.15) is 30.2 Å². The lowest BCUT2D eigenvalue weighted by Gasteiger charge is -2.17. The number of hydrogen-bond donors (Lipinski definition) is 0. The third-order valence-corrected chi connectivity index (χ3v) is 6.43. The van der Waals surface area contributed by atoms with Gasteiger partial charge in [0.2, 0.25) is 0 Å². The Bertz CT molecular complexity index is 669. The van der Waals surface area contributed by atoms with Crippen LogP contribution in [0.5, 0.6) is 0 Å². The number of hydrogen-bond acceptors (Lipinski definition) is 5. The molecule has 3 rings (SSSR count). The molecule has 1 atom stereocenters. The largest absolute Gasteiger partial charge is 0.309 e. The average molecular weight is 356 g/mol. The first-order valence-corrected chi connectivity index (χ1v) is 9.98. The molecule has 0 spiro atoms. The highest BCUT2D eigenvalue weighted by molar-refractivity contribution is 7.99. The van der Waals surface area contributed by atoms with E-state index >= 15 is 0 Å². The van der Waals surface area contributed by atoms with Crippen molar-refractivity contribution in [2.45, 2.75) is 37.8 Å². The lowest BCUT2D eigenvalue weighted by atomic mass is 9.89. The maximum Gasteiger partial charge on any atom is 0.190 e. The number of thiophene rings is 1. The summed E-state index contributed by atoms with van der Waals surface area (Å²) in [7, 11) is 4.20. The highest BCUT2D eigenvalue weighted by Gasteiger charge is 2.23. The van der Waals surface area contributed by atoms with Gasteiger partial charge in [-0.3, -0.25) is 0 Å². The van der Waals surface area contributed by atoms with Crippen LogP contribution in [0.3, 0.4) is 0 Å². The second kappa shape index (κ2) is 7.04. The van der Waals surface area contributed by atoms with Crippen molar-refractivity contribution < 1.29 is 0 Å². The minimum absolute atomic E-state index is 0.646. The summed E-state index contributed by atoms with van der Waals surface area (Å²) in [5.74, 6) is 1.80. The molecule has 0 amide bonds. The second-order valence-electron chi connectivity index (χ2n) is 6.33. The first-order valence-electron chi connectivity index (χ1n) is 7.80. The minimum Gasteiger partial charge on any atom is -0.309 e. The van der Waals surface area contributed by atoms with E-state index in [0.29, 0.717) is 5.15 Å². The molecule has 0 aliphatic heterocycles. The third kappa shape index (κ3) is 3.58. The van der Waals surface area contributed by atoms with Crippen molar-refractivity contribution in [3.8, 4) is 0 Å². The van der Waals surface area contributed by atoms with Crippen LogP contribution in [0.15, 0.2) is 5.16 Å². The molecular formula is C16H22ClN3S2. The number of halogens is 1. The van der Waals surface area contributed by atoms with Gasteiger partial charge in [-0.2, -0.15) is 0 Å². The van der Waals surface area contributed by atoms with Crippen molar-refractivity contribution in [3.63, 3.8) is 0 Å². The Morgan fingerprint density at radius 1 is 1.36 bits per heavy atom. The number of aromatic nitrogens is 2. The normalized spacial score (nSPS) is 18.1. The van der Waals surface area contributed by atoms with Crippen molar-refractivity contribution >= 4 is 44.9 Å². The second-order valence-corrected chi connectivity index (χ2v) is 8.84. The molecule has 2 aromatic rings. The van der Waals surface area contributed by atoms with Gasteiger partial charge in [0, 0.05) is 10.6 Å². The SMILES string of the molecule is CC1CCc2c(sc3nc(SCCCN(C)C)nc(Cl)c23)C1. The van der Waals surface area contributed by atoms with Gasteiger partial charge in [-0.15, -0.1) is 11.3 Å². The summed E-state index contributed by atoms with van der Waals surface area (Å²) in [6, 6.07) is 0. The number of aryl methyl sites for hydroxylation is 1. The van der Waals surface area contributed by atoms with Crippen molar-refractivity contribution in [2.75, 3.05) is 26.4 Å². The molecule has 1 aliphatic rings. The van der Waals surface area contributed by atoms with E-state index in [1.807, 2.05) is 11.3 Å². The summed E-state index contributed by atoms with van der Waals surface area (Å²) in [4.78, 5) is 14.0. The predicted molar refractivity (Wildman–Crippen MR) is 97.5 cm³/mol. The van der Waals surface area contributed by atoms with Gasteiger partial charge in [0.1, 0.15) is 9.98 Å². The smallest absolute Gasteiger partial charge is 0.190 e. The highest BCUT2D eigenvalue weighted by Crippen LogP contribution is 2.40. The van der Waals surface area contributed by atoms with E-state index in [1.165, 1.54) is 16.9 Å². The zero-order chi connectivity index (χ0) is 15.7. The lowest BCUT2D eigenvalue weighted by Crippen LogP contribution is -2.13. The average Bonchev–Trinajstić information content (AvgIpc) is 2.81. The van der Waals surface area contributed by atoms with E-state index < -0.39 is 0 Å². The molecule has 3 nitrogen and oxygen atoms in total. The van der Waals surface area contributed by atoms with E-state index in [2.05, 4.69) is 30.9 Å². The molecule has 120 valence electrons. The Hall–Kier alpha value is -0.360. The van der Waals surface area contributed by atoms with Crippen LogP contribution in [0.25, 0.3) is 10.2 Å². The first kappa shape index (κ1) is 16.5. The molecular weight excluding hydrogens is 334 g/mol. The highest BCUT2D eigenvalue weighted by atomic mass is 35.5. The number of thioether (sulfide) groups is 1. The van der Waals surface area contributed by atoms with Gasteiger partial charge in [0.05, 0.1) is 5.39 Å². The topological polar surface area (TPSA) is 29.0 Å². The summed E-state index contributed by atoms with van der Waals surface area (Å²) in [6.07, 6.45) is 4.66. The first-order chi connectivity index (χ1) is 10.5. The fourth-order valence-corrected chi connectivity index (χ4v) is 5.49. The van der Waals surface area contributed by atoms with Crippen LogP contribution in [0.2, 0.25) is 5.15 Å². The van der Waals surface area contributed by atoms with Crippen LogP contribution in [-0.2, 0) is 12.8 Å². The Morgan fingerprint density at radius 2 is 2.18 bits per heavy atom. The predicted octanol–water partition coefficient (Wildman–Crippen LogP) is 4.51. The zero-order valence-electron chi connectivity index (χ0n) is 13.4. The van der Waals surface area contributed by atoms with Crippen molar-refractivity contribution in [1.29, 1.82) is 0 Å². The van der Waals surface area contributed by atoms with Crippen molar-refractivity contribution in [1.82, 2.24) is 14.9 Å². The maximum atomic E-state index is 6.47. The van der Waals surface area contributed by atoms with Crippen LogP contribution in [0.4, 0.5) is 0 Å². The summed E-state index contributed by atoms with van der Waals surface area (Å²) in [6.45, 7) is 3.42. The van der Waals surface area contributed by atoms with Crippen LogP contribution < -0.4 is 0 Å². The van der Waals surface area contributed by atoms with E-state index in [1.54, 1.807) is 11.8 Å². The summed E-state index contributed by atoms with van der Waals surface area (Å²) in [5, 5.41) is 2.58. The molecule has 2 aromatic heterocycles. The minimum atomic E-state index is 0.646. The molecule has 0 fully saturated rings. The molecule has 1 unspecified atom stereocenters. The molecule has 6 heteroatoms. The number of fused-ring (bicyclic) bond motifs is 3. The fraction of sp³-hybridized carbons (Fsp3) is 0.625. The van der Waals surface area contributed by atoms with Gasteiger partial charge in [0.15, 0.2) is 5.16 Å². The van der Waals surface area contributed by atoms with Gasteiger partial charge in [-0.05, 0) is 57.8 Å². The van der Waals surface area contributed by atoms with Gasteiger partial charge < -0.3 is 4.90 Å². The van der Waals surface area contributed by atoms with Crippen LogP contribution in [0, 0.1) is 5.92 Å². The molecule has 2 heterocycles. The summed E-state index contributed by atoms with van der Waals surface area (Å²) >= 11 is 10.0. The molecule has 0 saturated carbocycles. The van der Waals surface area contributed by atoms with Crippen LogP contribution >= 0.6 is 34.7 Å². The van der Waals surface area contributed by atoms with Gasteiger partial charge in [-0.1, -0.05) is 30.3 Å². The van der Waals surface area contributed by atoms with E-state index in [4.69, 9.17) is 16.6 Å². The lowest BCUT2D eigenvalue weighted by molar-refractivity contribution is 0.410. The summed E-state index contributed by atoms with van der Waals surface area (Å²) < 4.78 is 0. The van der Waals surface area contributed by atoms with Crippen molar-refractivity contribution in [3.05, 3.63) is 15.6 Å². The van der Waals surface area contributed by atoms with E-state index in [0.717, 1.165) is 52.9 Å².